The van der Waals surface area contributed by atoms with Gasteiger partial charge in [-0.3, -0.25) is 0 Å². The minimum absolute atomic E-state index is 0.0159. The second-order valence-corrected chi connectivity index (χ2v) is 34.6. The normalized spacial score (nSPS) is 15.8. The number of benzene rings is 7. The van der Waals surface area contributed by atoms with Crippen LogP contribution in [-0.2, 0) is 33.5 Å². The predicted molar refractivity (Wildman–Crippen MR) is 436 cm³/mol. The largest absolute Gasteiger partial charge is 0.310 e. The fraction of sp³-hybridized carbons (Fsp3) is 0.567. The number of rotatable bonds is 38. The smallest absolute Gasteiger partial charge is 0.0465 e. The van der Waals surface area contributed by atoms with E-state index < -0.39 is 0 Å². The van der Waals surface area contributed by atoms with Crippen LogP contribution < -0.4 is 9.80 Å². The Morgan fingerprint density at radius 2 is 0.616 bits per heavy atom. The minimum Gasteiger partial charge on any atom is -0.310 e. The molecule has 0 saturated carbocycles. The van der Waals surface area contributed by atoms with Crippen LogP contribution >= 0.6 is 0 Å². The quantitative estimate of drug-likeness (QED) is 0.0356. The Kier molecular flexibility index (Phi) is 24.7. The zero-order valence-corrected chi connectivity index (χ0v) is 66.3. The number of nitrogens with zero attached hydrogens (tertiary/aromatic N) is 2. The van der Waals surface area contributed by atoms with Crippen molar-refractivity contribution >= 4 is 34.1 Å². The van der Waals surface area contributed by atoms with Gasteiger partial charge in [0, 0.05) is 45.0 Å². The number of unbranched alkanes of at least 4 members (excludes halogenated alkanes) is 20. The molecule has 0 fully saturated rings. The van der Waals surface area contributed by atoms with Crippen molar-refractivity contribution in [2.45, 2.75) is 344 Å². The molecule has 0 aromatic heterocycles. The molecule has 0 aliphatic heterocycles. The summed E-state index contributed by atoms with van der Waals surface area (Å²) in [7, 11) is 0. The topological polar surface area (TPSA) is 6.48 Å². The summed E-state index contributed by atoms with van der Waals surface area (Å²) in [5.74, 6) is 0. The van der Waals surface area contributed by atoms with Crippen molar-refractivity contribution in [3.05, 3.63) is 189 Å². The highest BCUT2D eigenvalue weighted by Gasteiger charge is 2.57. The number of anilines is 6. The molecule has 0 N–H and O–H groups in total. The van der Waals surface area contributed by atoms with E-state index in [1.54, 1.807) is 22.3 Å². The van der Waals surface area contributed by atoms with E-state index in [4.69, 9.17) is 0 Å². The molecule has 0 heterocycles. The zero-order valence-electron chi connectivity index (χ0n) is 66.3. The molecule has 0 amide bonds. The van der Waals surface area contributed by atoms with Crippen molar-refractivity contribution in [2.75, 3.05) is 9.80 Å². The van der Waals surface area contributed by atoms with Crippen molar-refractivity contribution in [1.29, 1.82) is 0 Å². The minimum atomic E-state index is -0.134. The van der Waals surface area contributed by atoms with Crippen molar-refractivity contribution < 1.29 is 0 Å². The van der Waals surface area contributed by atoms with E-state index in [0.717, 1.165) is 12.8 Å². The third kappa shape index (κ3) is 14.9. The van der Waals surface area contributed by atoms with E-state index in [-0.39, 0.29) is 37.9 Å². The molecule has 0 atom stereocenters. The molecule has 0 unspecified atom stereocenters. The number of fused-ring (bicyclic) bond motifs is 7. The lowest BCUT2D eigenvalue weighted by Gasteiger charge is -2.44. The van der Waals surface area contributed by atoms with Gasteiger partial charge in [0.2, 0.25) is 0 Å². The van der Waals surface area contributed by atoms with Crippen molar-refractivity contribution in [3.8, 4) is 22.3 Å². The van der Waals surface area contributed by atoms with Gasteiger partial charge in [0.1, 0.15) is 0 Å². The molecule has 3 aliphatic carbocycles. The van der Waals surface area contributed by atoms with Gasteiger partial charge in [-0.2, -0.15) is 0 Å². The fourth-order valence-corrected chi connectivity index (χ4v) is 18.8. The number of hydrogen-bond donors (Lipinski definition) is 0. The SMILES string of the molecule is CCCCCCCCC1(CCCCCCCC)c2cc(N(c3ccc(C)cc3)c3ccc(CC)c(C(C)(C)C(C)(C)CC)c3)ccc2-c2cc3c(cc21)-c1ccc(N(c2ccc(C)cc2)c2ccc4c(c2)C(C)(C)C(C)(C)C4(C)C)cc1C3(CCCCCCCC)CCCCCCCC. The average molecular weight is 1330 g/mol. The second-order valence-electron chi connectivity index (χ2n) is 34.6. The summed E-state index contributed by atoms with van der Waals surface area (Å²) in [6.45, 7) is 43.7. The van der Waals surface area contributed by atoms with Crippen molar-refractivity contribution in [2.24, 2.45) is 10.8 Å². The first-order chi connectivity index (χ1) is 47.4. The van der Waals surface area contributed by atoms with Crippen LogP contribution in [0.2, 0.25) is 0 Å². The zero-order chi connectivity index (χ0) is 71.0. The molecule has 7 aromatic carbocycles. The molecule has 0 spiro atoms. The summed E-state index contributed by atoms with van der Waals surface area (Å²) in [5.41, 5.74) is 28.4. The molecule has 2 heteroatoms. The Morgan fingerprint density at radius 1 is 0.303 bits per heavy atom. The maximum absolute atomic E-state index is 2.89. The first-order valence-corrected chi connectivity index (χ1v) is 41.0. The lowest BCUT2D eigenvalue weighted by molar-refractivity contribution is 0.125. The van der Waals surface area contributed by atoms with Crippen LogP contribution in [0.25, 0.3) is 22.3 Å². The average Bonchev–Trinajstić information content (AvgIpc) is 1.55. The maximum Gasteiger partial charge on any atom is 0.0465 e. The maximum atomic E-state index is 2.89. The lowest BCUT2D eigenvalue weighted by Crippen LogP contribution is -2.42. The monoisotopic (exact) mass is 1330 g/mol. The highest BCUT2D eigenvalue weighted by molar-refractivity contribution is 5.93. The third-order valence-electron chi connectivity index (χ3n) is 27.5. The van der Waals surface area contributed by atoms with Gasteiger partial charge in [-0.1, -0.05) is 331 Å². The lowest BCUT2D eigenvalue weighted by atomic mass is 9.59. The molecule has 2 nitrogen and oxygen atoms in total. The van der Waals surface area contributed by atoms with Crippen molar-refractivity contribution in [3.63, 3.8) is 0 Å². The summed E-state index contributed by atoms with van der Waals surface area (Å²) in [5, 5.41) is 0. The molecule has 3 aliphatic rings. The summed E-state index contributed by atoms with van der Waals surface area (Å²) in [4.78, 5) is 5.29. The second kappa shape index (κ2) is 32.2. The number of hydrogen-bond acceptors (Lipinski definition) is 2. The Morgan fingerprint density at radius 3 is 0.990 bits per heavy atom. The summed E-state index contributed by atoms with van der Waals surface area (Å²) in [6, 6.07) is 55.6. The highest BCUT2D eigenvalue weighted by atomic mass is 15.1. The van der Waals surface area contributed by atoms with Crippen LogP contribution in [0.15, 0.2) is 133 Å². The van der Waals surface area contributed by atoms with Gasteiger partial charge in [-0.05, 0) is 225 Å². The molecule has 7 aromatic rings. The van der Waals surface area contributed by atoms with Gasteiger partial charge in [0.05, 0.1) is 0 Å². The van der Waals surface area contributed by atoms with Crippen LogP contribution in [0.1, 0.15) is 353 Å². The first-order valence-electron chi connectivity index (χ1n) is 41.0. The molecule has 10 rings (SSSR count). The number of aryl methyl sites for hydroxylation is 3. The van der Waals surface area contributed by atoms with Gasteiger partial charge in [-0.25, -0.2) is 0 Å². The molecular weight excluding hydrogens is 1190 g/mol. The van der Waals surface area contributed by atoms with Crippen LogP contribution in [0, 0.1) is 24.7 Å². The van der Waals surface area contributed by atoms with Crippen LogP contribution in [-0.4, -0.2) is 0 Å². The summed E-state index contributed by atoms with van der Waals surface area (Å²) >= 11 is 0. The molecule has 0 saturated heterocycles. The van der Waals surface area contributed by atoms with Crippen LogP contribution in [0.5, 0.6) is 0 Å². The molecule has 0 radical (unpaired) electrons. The van der Waals surface area contributed by atoms with E-state index in [1.807, 2.05) is 0 Å². The van der Waals surface area contributed by atoms with Crippen LogP contribution in [0.4, 0.5) is 34.1 Å². The van der Waals surface area contributed by atoms with Gasteiger partial charge >= 0.3 is 0 Å². The Balaban J connectivity index is 1.22. The van der Waals surface area contributed by atoms with Crippen LogP contribution in [0.3, 0.4) is 0 Å². The Bertz CT molecular complexity index is 3750. The van der Waals surface area contributed by atoms with Gasteiger partial charge in [0.25, 0.3) is 0 Å². The van der Waals surface area contributed by atoms with E-state index >= 15 is 0 Å². The Hall–Kier alpha value is -5.86. The van der Waals surface area contributed by atoms with Gasteiger partial charge in [-0.15, -0.1) is 0 Å². The molecule has 99 heavy (non-hydrogen) atoms. The molecule has 534 valence electrons. The molecular formula is C97H136N2. The summed E-state index contributed by atoms with van der Waals surface area (Å²) < 4.78 is 0. The fourth-order valence-electron chi connectivity index (χ4n) is 18.8. The van der Waals surface area contributed by atoms with E-state index in [0.29, 0.717) is 0 Å². The van der Waals surface area contributed by atoms with Gasteiger partial charge < -0.3 is 9.80 Å². The van der Waals surface area contributed by atoms with E-state index in [2.05, 4.69) is 268 Å². The highest BCUT2D eigenvalue weighted by Crippen LogP contribution is 2.65. The predicted octanol–water partition coefficient (Wildman–Crippen LogP) is 30.6. The first kappa shape index (κ1) is 75.8. The summed E-state index contributed by atoms with van der Waals surface area (Å²) in [6.07, 6.45) is 38.1. The van der Waals surface area contributed by atoms with Gasteiger partial charge in [0.15, 0.2) is 0 Å². The van der Waals surface area contributed by atoms with E-state index in [1.165, 1.54) is 270 Å². The van der Waals surface area contributed by atoms with E-state index in [9.17, 15) is 0 Å². The van der Waals surface area contributed by atoms with Crippen molar-refractivity contribution in [1.82, 2.24) is 0 Å². The molecule has 0 bridgehead atoms. The Labute approximate surface area is 606 Å². The standard InChI is InChI=1S/C97H136N2/c1-19-25-29-33-37-41-61-96(62-42-38-34-30-26-20-2)86-66-77(98(74-50-45-71(7)46-51-74)76-54-49-73(23-5)85(65-76)92(11,12)91(9,10)24-6)55-58-80(86)82-69-89-83(70-88(82)96)81-59-56-78(67-87(81)97(89,63-43-39-35-31-27-21-3)64-44-40-36-32-28-22-4)99(75-52-47-72(8)48-53-75)79-57-60-84-90(68-79)94(15,16)95(17,18)93(84,13)14/h45-60,65-70H,19-44,61-64H2,1-18H3. The third-order valence-corrected chi connectivity index (χ3v) is 27.5.